The number of hydrogen-bond donors (Lipinski definition) is 0. The summed E-state index contributed by atoms with van der Waals surface area (Å²) in [5, 5.41) is 1.04. The highest BCUT2D eigenvalue weighted by molar-refractivity contribution is 9.09. The van der Waals surface area contributed by atoms with Gasteiger partial charge in [-0.15, -0.1) is 0 Å². The molecule has 0 aliphatic heterocycles. The quantitative estimate of drug-likeness (QED) is 0.458. The zero-order chi connectivity index (χ0) is 15.9. The lowest BCUT2D eigenvalue weighted by atomic mass is 10.0. The van der Waals surface area contributed by atoms with Gasteiger partial charge < -0.3 is 0 Å². The van der Waals surface area contributed by atoms with Crippen molar-refractivity contribution in [1.82, 2.24) is 15.0 Å². The van der Waals surface area contributed by atoms with Crippen LogP contribution in [0.25, 0.3) is 22.8 Å². The molecule has 3 heterocycles. The van der Waals surface area contributed by atoms with Crippen molar-refractivity contribution in [3.8, 4) is 22.8 Å². The van der Waals surface area contributed by atoms with Crippen LogP contribution in [0, 0.1) is 0 Å². The van der Waals surface area contributed by atoms with Gasteiger partial charge in [0, 0.05) is 17.7 Å². The Morgan fingerprint density at radius 2 is 1.35 bits per heavy atom. The summed E-state index contributed by atoms with van der Waals surface area (Å²) in [6.45, 7) is 0. The fourth-order valence-corrected chi connectivity index (χ4v) is 2.84. The second kappa shape index (κ2) is 7.97. The number of aromatic nitrogens is 3. The Bertz CT molecular complexity index is 687. The van der Waals surface area contributed by atoms with Gasteiger partial charge >= 0.3 is 0 Å². The number of unbranched alkanes of at least 4 members (excludes halogenated alkanes) is 1. The summed E-state index contributed by atoms with van der Waals surface area (Å²) < 4.78 is 0. The van der Waals surface area contributed by atoms with E-state index in [1.807, 2.05) is 36.4 Å². The molecule has 0 radical (unpaired) electrons. The van der Waals surface area contributed by atoms with Crippen molar-refractivity contribution in [2.45, 2.75) is 19.3 Å². The fourth-order valence-electron chi connectivity index (χ4n) is 2.45. The Balaban J connectivity index is 2.00. The van der Waals surface area contributed by atoms with Gasteiger partial charge in [-0.25, -0.2) is 4.98 Å². The molecule has 0 aromatic carbocycles. The van der Waals surface area contributed by atoms with Crippen molar-refractivity contribution in [2.75, 3.05) is 5.33 Å². The topological polar surface area (TPSA) is 38.7 Å². The number of alkyl halides is 1. The summed E-state index contributed by atoms with van der Waals surface area (Å²) in [5.41, 5.74) is 4.88. The Kier molecular flexibility index (Phi) is 5.48. The first-order valence-electron chi connectivity index (χ1n) is 7.76. The third-order valence-corrected chi connectivity index (χ3v) is 4.15. The predicted molar refractivity (Wildman–Crippen MR) is 97.4 cm³/mol. The molecule has 0 unspecified atom stereocenters. The highest BCUT2D eigenvalue weighted by Crippen LogP contribution is 2.23. The third-order valence-electron chi connectivity index (χ3n) is 3.59. The van der Waals surface area contributed by atoms with Crippen LogP contribution in [-0.2, 0) is 6.42 Å². The van der Waals surface area contributed by atoms with Crippen LogP contribution in [-0.4, -0.2) is 20.3 Å². The minimum absolute atomic E-state index is 0.895. The van der Waals surface area contributed by atoms with Gasteiger partial charge in [-0.05, 0) is 61.2 Å². The molecular formula is C19H18BrN3. The van der Waals surface area contributed by atoms with Gasteiger partial charge in [-0.2, -0.15) is 0 Å². The predicted octanol–water partition coefficient (Wildman–Crippen LogP) is 4.92. The molecule has 0 saturated carbocycles. The highest BCUT2D eigenvalue weighted by Gasteiger charge is 2.08. The lowest BCUT2D eigenvalue weighted by Crippen LogP contribution is -1.96. The first-order valence-corrected chi connectivity index (χ1v) is 8.89. The molecule has 0 atom stereocenters. The van der Waals surface area contributed by atoms with Crippen LogP contribution in [0.3, 0.4) is 0 Å². The zero-order valence-corrected chi connectivity index (χ0v) is 14.4. The molecule has 0 fully saturated rings. The summed E-state index contributed by atoms with van der Waals surface area (Å²) in [4.78, 5) is 13.6. The average Bonchev–Trinajstić information content (AvgIpc) is 2.63. The van der Waals surface area contributed by atoms with E-state index in [1.54, 1.807) is 12.4 Å². The van der Waals surface area contributed by atoms with E-state index >= 15 is 0 Å². The lowest BCUT2D eigenvalue weighted by molar-refractivity contribution is 0.805. The van der Waals surface area contributed by atoms with E-state index in [-0.39, 0.29) is 0 Å². The maximum Gasteiger partial charge on any atom is 0.0897 e. The van der Waals surface area contributed by atoms with E-state index in [9.17, 15) is 0 Å². The summed E-state index contributed by atoms with van der Waals surface area (Å²) >= 11 is 3.49. The van der Waals surface area contributed by atoms with E-state index in [0.29, 0.717) is 0 Å². The Morgan fingerprint density at radius 1 is 0.739 bits per heavy atom. The van der Waals surface area contributed by atoms with E-state index in [4.69, 9.17) is 4.98 Å². The smallest absolute Gasteiger partial charge is 0.0897 e. The first-order chi connectivity index (χ1) is 11.4. The van der Waals surface area contributed by atoms with Gasteiger partial charge in [0.15, 0.2) is 0 Å². The molecule has 3 rings (SSSR count). The van der Waals surface area contributed by atoms with Crippen molar-refractivity contribution in [3.63, 3.8) is 0 Å². The molecule has 3 nitrogen and oxygen atoms in total. The molecule has 0 saturated heterocycles. The minimum Gasteiger partial charge on any atom is -0.255 e. The van der Waals surface area contributed by atoms with Crippen LogP contribution in [0.1, 0.15) is 18.4 Å². The van der Waals surface area contributed by atoms with Crippen LogP contribution < -0.4 is 0 Å². The van der Waals surface area contributed by atoms with Gasteiger partial charge in [-0.3, -0.25) is 9.97 Å². The molecule has 3 aromatic rings. The highest BCUT2D eigenvalue weighted by atomic mass is 79.9. The van der Waals surface area contributed by atoms with Crippen LogP contribution in [0.2, 0.25) is 0 Å². The summed E-state index contributed by atoms with van der Waals surface area (Å²) in [5.74, 6) is 0. The van der Waals surface area contributed by atoms with Crippen LogP contribution in [0.5, 0.6) is 0 Å². The van der Waals surface area contributed by atoms with Gasteiger partial charge in [-0.1, -0.05) is 28.1 Å². The summed E-state index contributed by atoms with van der Waals surface area (Å²) in [6.07, 6.45) is 6.95. The average molecular weight is 368 g/mol. The van der Waals surface area contributed by atoms with Gasteiger partial charge in [0.1, 0.15) is 0 Å². The van der Waals surface area contributed by atoms with E-state index in [2.05, 4.69) is 38.0 Å². The number of rotatable bonds is 6. The summed E-state index contributed by atoms with van der Waals surface area (Å²) in [7, 11) is 0. The Morgan fingerprint density at radius 3 is 1.83 bits per heavy atom. The number of aryl methyl sites for hydroxylation is 1. The lowest BCUT2D eigenvalue weighted by Gasteiger charge is -2.08. The Labute approximate surface area is 145 Å². The molecule has 0 aliphatic rings. The molecule has 116 valence electrons. The number of hydrogen-bond acceptors (Lipinski definition) is 3. The maximum atomic E-state index is 4.77. The number of nitrogens with zero attached hydrogens (tertiary/aromatic N) is 3. The molecule has 3 aromatic heterocycles. The standard InChI is InChI=1S/C19H18BrN3/c20-10-4-1-7-15-13-18(16-8-2-5-11-21-16)23-19(14-15)17-9-3-6-12-22-17/h2-3,5-6,8-9,11-14H,1,4,7,10H2. The van der Waals surface area contributed by atoms with Gasteiger partial charge in [0.25, 0.3) is 0 Å². The molecular weight excluding hydrogens is 350 g/mol. The van der Waals surface area contributed by atoms with Crippen LogP contribution >= 0.6 is 15.9 Å². The van der Waals surface area contributed by atoms with Gasteiger partial charge in [0.2, 0.25) is 0 Å². The van der Waals surface area contributed by atoms with Crippen molar-refractivity contribution in [2.24, 2.45) is 0 Å². The summed E-state index contributed by atoms with van der Waals surface area (Å²) in [6, 6.07) is 16.1. The second-order valence-corrected chi connectivity index (χ2v) is 6.11. The molecule has 0 bridgehead atoms. The Hall–Kier alpha value is -2.07. The molecule has 4 heteroatoms. The molecule has 23 heavy (non-hydrogen) atoms. The second-order valence-electron chi connectivity index (χ2n) is 5.32. The van der Waals surface area contributed by atoms with Crippen molar-refractivity contribution >= 4 is 15.9 Å². The van der Waals surface area contributed by atoms with E-state index in [1.165, 1.54) is 12.0 Å². The minimum atomic E-state index is 0.895. The molecule has 0 aliphatic carbocycles. The van der Waals surface area contributed by atoms with Crippen molar-refractivity contribution in [1.29, 1.82) is 0 Å². The number of halogens is 1. The maximum absolute atomic E-state index is 4.77. The number of pyridine rings is 3. The van der Waals surface area contributed by atoms with E-state index in [0.717, 1.165) is 40.9 Å². The molecule has 0 spiro atoms. The van der Waals surface area contributed by atoms with Crippen molar-refractivity contribution in [3.05, 3.63) is 66.5 Å². The first kappa shape index (κ1) is 15.8. The normalized spacial score (nSPS) is 10.7. The van der Waals surface area contributed by atoms with Gasteiger partial charge in [0.05, 0.1) is 22.8 Å². The monoisotopic (exact) mass is 367 g/mol. The molecule has 0 amide bonds. The molecule has 0 N–H and O–H groups in total. The van der Waals surface area contributed by atoms with Crippen LogP contribution in [0.15, 0.2) is 60.9 Å². The largest absolute Gasteiger partial charge is 0.255 e. The third kappa shape index (κ3) is 4.23. The fraction of sp³-hybridized carbons (Fsp3) is 0.211. The van der Waals surface area contributed by atoms with E-state index < -0.39 is 0 Å². The van der Waals surface area contributed by atoms with Crippen molar-refractivity contribution < 1.29 is 0 Å². The zero-order valence-electron chi connectivity index (χ0n) is 12.8. The van der Waals surface area contributed by atoms with Crippen LogP contribution in [0.4, 0.5) is 0 Å². The SMILES string of the molecule is BrCCCCc1cc(-c2ccccn2)nc(-c2ccccn2)c1.